The third kappa shape index (κ3) is 4.36. The van der Waals surface area contributed by atoms with Crippen LogP contribution < -0.4 is 5.32 Å². The lowest BCUT2D eigenvalue weighted by molar-refractivity contribution is -0.117. The number of rotatable bonds is 4. The Balaban J connectivity index is 1.47. The van der Waals surface area contributed by atoms with Crippen LogP contribution in [0.15, 0.2) is 24.3 Å². The molecule has 0 atom stereocenters. The van der Waals surface area contributed by atoms with Crippen molar-refractivity contribution >= 4 is 22.9 Å². The summed E-state index contributed by atoms with van der Waals surface area (Å²) in [5, 5.41) is 13.5. The van der Waals surface area contributed by atoms with Gasteiger partial charge in [-0.3, -0.25) is 9.69 Å². The lowest BCUT2D eigenvalue weighted by Crippen LogP contribution is -2.38. The number of aryl methyl sites for hydroxylation is 2. The third-order valence-electron chi connectivity index (χ3n) is 4.15. The SMILES string of the molecule is Cc1cccc(NC(=O)CN2CCC(c3nnc(C)s3)CC2)c1. The normalized spacial score (nSPS) is 16.4. The van der Waals surface area contributed by atoms with Crippen LogP contribution in [0, 0.1) is 13.8 Å². The Morgan fingerprint density at radius 3 is 2.74 bits per heavy atom. The number of amides is 1. The summed E-state index contributed by atoms with van der Waals surface area (Å²) in [4.78, 5) is 14.4. The van der Waals surface area contributed by atoms with E-state index in [2.05, 4.69) is 20.4 Å². The lowest BCUT2D eigenvalue weighted by Gasteiger charge is -2.30. The molecule has 0 spiro atoms. The second-order valence-electron chi connectivity index (χ2n) is 6.13. The first kappa shape index (κ1) is 16.1. The minimum absolute atomic E-state index is 0.0563. The number of hydrogen-bond donors (Lipinski definition) is 1. The number of aromatic nitrogens is 2. The van der Waals surface area contributed by atoms with Crippen molar-refractivity contribution in [2.75, 3.05) is 25.0 Å². The van der Waals surface area contributed by atoms with E-state index in [9.17, 15) is 4.79 Å². The molecule has 0 bridgehead atoms. The first-order valence-corrected chi connectivity index (χ1v) is 8.80. The monoisotopic (exact) mass is 330 g/mol. The maximum absolute atomic E-state index is 12.2. The van der Waals surface area contributed by atoms with Gasteiger partial charge < -0.3 is 5.32 Å². The molecule has 23 heavy (non-hydrogen) atoms. The zero-order chi connectivity index (χ0) is 16.2. The predicted octanol–water partition coefficient (Wildman–Crippen LogP) is 2.97. The smallest absolute Gasteiger partial charge is 0.238 e. The van der Waals surface area contributed by atoms with Crippen molar-refractivity contribution in [3.63, 3.8) is 0 Å². The molecule has 3 rings (SSSR count). The molecular weight excluding hydrogens is 308 g/mol. The van der Waals surface area contributed by atoms with Gasteiger partial charge in [-0.25, -0.2) is 0 Å². The molecule has 1 aromatic carbocycles. The molecule has 0 saturated carbocycles. The topological polar surface area (TPSA) is 58.1 Å². The van der Waals surface area contributed by atoms with Crippen molar-refractivity contribution in [1.82, 2.24) is 15.1 Å². The summed E-state index contributed by atoms with van der Waals surface area (Å²) in [7, 11) is 0. The van der Waals surface area contributed by atoms with E-state index in [1.807, 2.05) is 38.1 Å². The molecule has 6 heteroatoms. The predicted molar refractivity (Wildman–Crippen MR) is 92.9 cm³/mol. The fourth-order valence-electron chi connectivity index (χ4n) is 2.94. The van der Waals surface area contributed by atoms with E-state index < -0.39 is 0 Å². The van der Waals surface area contributed by atoms with Gasteiger partial charge in [-0.1, -0.05) is 12.1 Å². The lowest BCUT2D eigenvalue weighted by atomic mass is 9.98. The molecule has 1 N–H and O–H groups in total. The number of benzene rings is 1. The first-order chi connectivity index (χ1) is 11.1. The van der Waals surface area contributed by atoms with E-state index in [0.29, 0.717) is 12.5 Å². The van der Waals surface area contributed by atoms with Crippen LogP contribution in [0.2, 0.25) is 0 Å². The average Bonchev–Trinajstić information content (AvgIpc) is 2.94. The standard InChI is InChI=1S/C17H22N4OS/c1-12-4-3-5-15(10-12)18-16(22)11-21-8-6-14(7-9-21)17-20-19-13(2)23-17/h3-5,10,14H,6-9,11H2,1-2H3,(H,18,22). The molecule has 0 unspecified atom stereocenters. The number of nitrogens with one attached hydrogen (secondary N) is 1. The average molecular weight is 330 g/mol. The number of anilines is 1. The minimum Gasteiger partial charge on any atom is -0.325 e. The van der Waals surface area contributed by atoms with Gasteiger partial charge in [0, 0.05) is 11.6 Å². The summed E-state index contributed by atoms with van der Waals surface area (Å²) in [6.45, 7) is 6.34. The summed E-state index contributed by atoms with van der Waals surface area (Å²) in [5.74, 6) is 0.554. The van der Waals surface area contributed by atoms with Crippen LogP contribution >= 0.6 is 11.3 Å². The molecular formula is C17H22N4OS. The van der Waals surface area contributed by atoms with Crippen LogP contribution in [0.25, 0.3) is 0 Å². The highest BCUT2D eigenvalue weighted by Gasteiger charge is 2.24. The van der Waals surface area contributed by atoms with E-state index >= 15 is 0 Å². The van der Waals surface area contributed by atoms with Gasteiger partial charge in [-0.05, 0) is 57.5 Å². The van der Waals surface area contributed by atoms with Gasteiger partial charge in [0.15, 0.2) is 0 Å². The van der Waals surface area contributed by atoms with Crippen molar-refractivity contribution in [3.8, 4) is 0 Å². The fourth-order valence-corrected chi connectivity index (χ4v) is 3.81. The Morgan fingerprint density at radius 1 is 1.30 bits per heavy atom. The third-order valence-corrected chi connectivity index (χ3v) is 5.15. The van der Waals surface area contributed by atoms with Crippen LogP contribution in [0.3, 0.4) is 0 Å². The number of piperidine rings is 1. The molecule has 1 aliphatic heterocycles. The maximum Gasteiger partial charge on any atom is 0.238 e. The van der Waals surface area contributed by atoms with E-state index in [1.54, 1.807) is 11.3 Å². The Hall–Kier alpha value is -1.79. The van der Waals surface area contributed by atoms with Gasteiger partial charge in [0.05, 0.1) is 6.54 Å². The Kier molecular flexibility index (Phi) is 5.03. The van der Waals surface area contributed by atoms with Gasteiger partial charge in [-0.15, -0.1) is 21.5 Å². The van der Waals surface area contributed by atoms with Crippen LogP contribution in [0.1, 0.15) is 34.3 Å². The molecule has 122 valence electrons. The van der Waals surface area contributed by atoms with Crippen LogP contribution in [-0.2, 0) is 4.79 Å². The van der Waals surface area contributed by atoms with Crippen molar-refractivity contribution in [1.29, 1.82) is 0 Å². The molecule has 1 amide bonds. The molecule has 2 aromatic rings. The van der Waals surface area contributed by atoms with Crippen molar-refractivity contribution in [3.05, 3.63) is 39.8 Å². The van der Waals surface area contributed by atoms with E-state index in [0.717, 1.165) is 47.2 Å². The molecule has 0 aliphatic carbocycles. The van der Waals surface area contributed by atoms with Crippen molar-refractivity contribution in [2.24, 2.45) is 0 Å². The van der Waals surface area contributed by atoms with E-state index in [-0.39, 0.29) is 5.91 Å². The van der Waals surface area contributed by atoms with E-state index in [4.69, 9.17) is 0 Å². The van der Waals surface area contributed by atoms with Crippen LogP contribution in [0.5, 0.6) is 0 Å². The second-order valence-corrected chi connectivity index (χ2v) is 7.34. The maximum atomic E-state index is 12.2. The molecule has 1 saturated heterocycles. The summed E-state index contributed by atoms with van der Waals surface area (Å²) >= 11 is 1.69. The molecule has 1 aliphatic rings. The number of carbonyl (C=O) groups excluding carboxylic acids is 1. The van der Waals surface area contributed by atoms with Gasteiger partial charge >= 0.3 is 0 Å². The van der Waals surface area contributed by atoms with Crippen LogP contribution in [-0.4, -0.2) is 40.6 Å². The second kappa shape index (κ2) is 7.19. The molecule has 1 fully saturated rings. The number of carbonyl (C=O) groups is 1. The highest BCUT2D eigenvalue weighted by Crippen LogP contribution is 2.29. The zero-order valence-electron chi connectivity index (χ0n) is 13.6. The molecule has 2 heterocycles. The molecule has 1 aromatic heterocycles. The largest absolute Gasteiger partial charge is 0.325 e. The highest BCUT2D eigenvalue weighted by molar-refractivity contribution is 7.11. The Morgan fingerprint density at radius 2 is 2.09 bits per heavy atom. The van der Waals surface area contributed by atoms with Gasteiger partial charge in [0.2, 0.25) is 5.91 Å². The van der Waals surface area contributed by atoms with Crippen molar-refractivity contribution in [2.45, 2.75) is 32.6 Å². The highest BCUT2D eigenvalue weighted by atomic mass is 32.1. The number of likely N-dealkylation sites (tertiary alicyclic amines) is 1. The Bertz CT molecular complexity index is 677. The zero-order valence-corrected chi connectivity index (χ0v) is 14.4. The number of hydrogen-bond acceptors (Lipinski definition) is 5. The van der Waals surface area contributed by atoms with Crippen LogP contribution in [0.4, 0.5) is 5.69 Å². The number of nitrogens with zero attached hydrogens (tertiary/aromatic N) is 3. The first-order valence-electron chi connectivity index (χ1n) is 7.99. The molecule has 5 nitrogen and oxygen atoms in total. The van der Waals surface area contributed by atoms with Gasteiger partial charge in [0.1, 0.15) is 10.0 Å². The van der Waals surface area contributed by atoms with Crippen molar-refractivity contribution < 1.29 is 4.79 Å². The molecule has 0 radical (unpaired) electrons. The summed E-state index contributed by atoms with van der Waals surface area (Å²) in [5.41, 5.74) is 2.02. The van der Waals surface area contributed by atoms with Gasteiger partial charge in [-0.2, -0.15) is 0 Å². The summed E-state index contributed by atoms with van der Waals surface area (Å²) in [6.07, 6.45) is 2.10. The summed E-state index contributed by atoms with van der Waals surface area (Å²) in [6, 6.07) is 7.90. The quantitative estimate of drug-likeness (QED) is 0.936. The van der Waals surface area contributed by atoms with Gasteiger partial charge in [0.25, 0.3) is 0 Å². The Labute approximate surface area is 140 Å². The van der Waals surface area contributed by atoms with E-state index in [1.165, 1.54) is 0 Å². The minimum atomic E-state index is 0.0563. The summed E-state index contributed by atoms with van der Waals surface area (Å²) < 4.78 is 0. The fraction of sp³-hybridized carbons (Fsp3) is 0.471.